The second kappa shape index (κ2) is 5.41. The van der Waals surface area contributed by atoms with Gasteiger partial charge in [-0.15, -0.1) is 0 Å². The third-order valence-corrected chi connectivity index (χ3v) is 4.79. The number of hydrogen-bond donors (Lipinski definition) is 0. The molecule has 0 radical (unpaired) electrons. The highest BCUT2D eigenvalue weighted by molar-refractivity contribution is 14.2. The van der Waals surface area contributed by atoms with Gasteiger partial charge in [0.1, 0.15) is 5.69 Å². The monoisotopic (exact) mass is 436 g/mol. The average molecular weight is 436 g/mol. The SMILES string of the molecule is IPOCc1nn2c(c1I)CCCC2. The molecule has 3 nitrogen and oxygen atoms in total. The molecule has 6 heteroatoms. The summed E-state index contributed by atoms with van der Waals surface area (Å²) in [6, 6.07) is 0. The van der Waals surface area contributed by atoms with Gasteiger partial charge in [-0.2, -0.15) is 5.10 Å². The summed E-state index contributed by atoms with van der Waals surface area (Å²) < 4.78 is 8.88. The molecule has 1 aromatic heterocycles. The van der Waals surface area contributed by atoms with Gasteiger partial charge >= 0.3 is 0 Å². The van der Waals surface area contributed by atoms with E-state index in [0.717, 1.165) is 12.2 Å². The Morgan fingerprint density at radius 3 is 3.07 bits per heavy atom. The Morgan fingerprint density at radius 1 is 1.50 bits per heavy atom. The first kappa shape index (κ1) is 11.5. The minimum atomic E-state index is 0.520. The van der Waals surface area contributed by atoms with Gasteiger partial charge in [-0.1, -0.05) is 0 Å². The van der Waals surface area contributed by atoms with Gasteiger partial charge in [0.2, 0.25) is 0 Å². The van der Waals surface area contributed by atoms with Crippen molar-refractivity contribution < 1.29 is 4.52 Å². The van der Waals surface area contributed by atoms with Gasteiger partial charge in [0.15, 0.2) is 0 Å². The fraction of sp³-hybridized carbons (Fsp3) is 0.625. The molecule has 14 heavy (non-hydrogen) atoms. The third kappa shape index (κ3) is 2.41. The molecule has 0 saturated heterocycles. The minimum Gasteiger partial charge on any atom is -0.345 e. The van der Waals surface area contributed by atoms with E-state index in [-0.39, 0.29) is 0 Å². The normalized spacial score (nSPS) is 16.4. The highest BCUT2D eigenvalue weighted by atomic mass is 127. The number of halogens is 2. The number of aromatic nitrogens is 2. The van der Waals surface area contributed by atoms with Gasteiger partial charge < -0.3 is 4.52 Å². The maximum absolute atomic E-state index is 5.41. The molecule has 0 amide bonds. The Hall–Kier alpha value is 1.06. The van der Waals surface area contributed by atoms with Crippen LogP contribution in [0.3, 0.4) is 0 Å². The van der Waals surface area contributed by atoms with Crippen LogP contribution >= 0.6 is 51.1 Å². The maximum Gasteiger partial charge on any atom is 0.102 e. The van der Waals surface area contributed by atoms with Crippen LogP contribution in [0.15, 0.2) is 0 Å². The number of fused-ring (bicyclic) bond motifs is 1. The van der Waals surface area contributed by atoms with Crippen molar-refractivity contribution in [3.63, 3.8) is 0 Å². The summed E-state index contributed by atoms with van der Waals surface area (Å²) in [6.45, 7) is 2.27. The lowest BCUT2D eigenvalue weighted by atomic mass is 10.1. The molecule has 0 aromatic carbocycles. The number of aryl methyl sites for hydroxylation is 1. The Labute approximate surface area is 112 Å². The van der Waals surface area contributed by atoms with Crippen molar-refractivity contribution in [2.45, 2.75) is 32.4 Å². The van der Waals surface area contributed by atoms with Crippen LogP contribution in [0.4, 0.5) is 0 Å². The van der Waals surface area contributed by atoms with Crippen LogP contribution in [0.5, 0.6) is 0 Å². The van der Waals surface area contributed by atoms with E-state index in [1.807, 2.05) is 0 Å². The summed E-state index contributed by atoms with van der Waals surface area (Å²) in [4.78, 5) is 0. The van der Waals surface area contributed by atoms with Gasteiger partial charge in [0, 0.05) is 6.54 Å². The van der Waals surface area contributed by atoms with Gasteiger partial charge in [-0.3, -0.25) is 4.68 Å². The zero-order valence-corrected chi connectivity index (χ0v) is 12.9. The van der Waals surface area contributed by atoms with Gasteiger partial charge in [0.25, 0.3) is 0 Å². The van der Waals surface area contributed by atoms with Crippen LogP contribution in [0.1, 0.15) is 24.2 Å². The molecule has 1 aliphatic rings. The molecule has 1 unspecified atom stereocenters. The van der Waals surface area contributed by atoms with Crippen LogP contribution in [0.2, 0.25) is 0 Å². The molecular weight excluding hydrogens is 425 g/mol. The van der Waals surface area contributed by atoms with E-state index in [0.29, 0.717) is 13.1 Å². The van der Waals surface area contributed by atoms with Crippen LogP contribution in [0, 0.1) is 3.57 Å². The second-order valence-electron chi connectivity index (χ2n) is 3.25. The molecule has 0 saturated carbocycles. The van der Waals surface area contributed by atoms with Crippen molar-refractivity contribution in [1.82, 2.24) is 9.78 Å². The van der Waals surface area contributed by atoms with E-state index in [9.17, 15) is 0 Å². The molecule has 1 atom stereocenters. The number of nitrogens with zero attached hydrogens (tertiary/aromatic N) is 2. The summed E-state index contributed by atoms with van der Waals surface area (Å²) in [6.07, 6.45) is 3.74. The summed E-state index contributed by atoms with van der Waals surface area (Å²) >= 11 is 4.64. The van der Waals surface area contributed by atoms with Gasteiger partial charge in [-0.05, 0) is 63.9 Å². The molecule has 0 N–H and O–H groups in total. The van der Waals surface area contributed by atoms with E-state index in [1.165, 1.54) is 28.5 Å². The van der Waals surface area contributed by atoms with E-state index in [4.69, 9.17) is 4.52 Å². The average Bonchev–Trinajstić information content (AvgIpc) is 2.54. The van der Waals surface area contributed by atoms with Crippen LogP contribution in [-0.4, -0.2) is 9.78 Å². The smallest absolute Gasteiger partial charge is 0.102 e. The molecule has 0 fully saturated rings. The van der Waals surface area contributed by atoms with Crippen molar-refractivity contribution in [3.05, 3.63) is 15.0 Å². The molecule has 2 heterocycles. The zero-order valence-electron chi connectivity index (χ0n) is 7.59. The maximum atomic E-state index is 5.41. The molecule has 78 valence electrons. The Morgan fingerprint density at radius 2 is 2.36 bits per heavy atom. The van der Waals surface area contributed by atoms with Crippen molar-refractivity contribution >= 4 is 51.1 Å². The number of rotatable bonds is 3. The lowest BCUT2D eigenvalue weighted by molar-refractivity contribution is 0.349. The van der Waals surface area contributed by atoms with E-state index >= 15 is 0 Å². The van der Waals surface area contributed by atoms with Crippen molar-refractivity contribution in [3.8, 4) is 0 Å². The molecule has 2 rings (SSSR count). The summed E-state index contributed by atoms with van der Waals surface area (Å²) in [5, 5.41) is 4.57. The zero-order chi connectivity index (χ0) is 9.97. The van der Waals surface area contributed by atoms with E-state index in [1.54, 1.807) is 0 Å². The second-order valence-corrected chi connectivity index (χ2v) is 6.10. The van der Waals surface area contributed by atoms with Crippen LogP contribution < -0.4 is 0 Å². The first-order valence-electron chi connectivity index (χ1n) is 4.54. The Balaban J connectivity index is 2.20. The quantitative estimate of drug-likeness (QED) is 0.538. The van der Waals surface area contributed by atoms with Crippen molar-refractivity contribution in [2.75, 3.05) is 0 Å². The molecular formula is C8H11I2N2OP. The summed E-state index contributed by atoms with van der Waals surface area (Å²) in [5.41, 5.74) is 2.53. The minimum absolute atomic E-state index is 0.520. The highest BCUT2D eigenvalue weighted by Gasteiger charge is 2.17. The largest absolute Gasteiger partial charge is 0.345 e. The first-order valence-corrected chi connectivity index (χ1v) is 9.64. The Bertz CT molecular complexity index is 329. The predicted octanol–water partition coefficient (Wildman–Crippen LogP) is 3.28. The Kier molecular flexibility index (Phi) is 4.46. The van der Waals surface area contributed by atoms with Crippen molar-refractivity contribution in [1.29, 1.82) is 0 Å². The lowest BCUT2D eigenvalue weighted by Gasteiger charge is -2.12. The van der Waals surface area contributed by atoms with Crippen LogP contribution in [0.25, 0.3) is 0 Å². The molecule has 0 aliphatic carbocycles. The van der Waals surface area contributed by atoms with Gasteiger partial charge in [0.05, 0.1) is 22.3 Å². The fourth-order valence-electron chi connectivity index (χ4n) is 1.70. The molecule has 0 bridgehead atoms. The number of hydrogen-bond acceptors (Lipinski definition) is 2. The fourth-order valence-corrected chi connectivity index (χ4v) is 3.17. The summed E-state index contributed by atoms with van der Waals surface area (Å²) in [7, 11) is 0. The standard InChI is InChI=1S/C8H11I2N2OP/c9-8-6(5-13-14-10)11-12-4-2-1-3-7(8)12/h14H,1-5H2. The third-order valence-electron chi connectivity index (χ3n) is 2.36. The van der Waals surface area contributed by atoms with Crippen molar-refractivity contribution in [2.24, 2.45) is 0 Å². The van der Waals surface area contributed by atoms with Gasteiger partial charge in [-0.25, -0.2) is 0 Å². The molecule has 1 aromatic rings. The predicted molar refractivity (Wildman–Crippen MR) is 75.0 cm³/mol. The summed E-state index contributed by atoms with van der Waals surface area (Å²) in [5.74, 6) is 0. The molecule has 0 spiro atoms. The van der Waals surface area contributed by atoms with E-state index in [2.05, 4.69) is 54.4 Å². The van der Waals surface area contributed by atoms with E-state index < -0.39 is 0 Å². The first-order chi connectivity index (χ1) is 6.83. The lowest BCUT2D eigenvalue weighted by Crippen LogP contribution is -2.11. The topological polar surface area (TPSA) is 27.1 Å². The highest BCUT2D eigenvalue weighted by Crippen LogP contribution is 2.27. The molecule has 1 aliphatic heterocycles. The van der Waals surface area contributed by atoms with Crippen LogP contribution in [-0.2, 0) is 24.1 Å².